The van der Waals surface area contributed by atoms with Gasteiger partial charge in [0.05, 0.1) is 5.56 Å². The first-order valence-electron chi connectivity index (χ1n) is 6.81. The Bertz CT molecular complexity index is 461. The van der Waals surface area contributed by atoms with Crippen molar-refractivity contribution in [2.24, 2.45) is 5.92 Å². The highest BCUT2D eigenvalue weighted by molar-refractivity contribution is 9.10. The Morgan fingerprint density at radius 2 is 2.26 bits per heavy atom. The fraction of sp³-hybridized carbons (Fsp3) is 0.533. The lowest BCUT2D eigenvalue weighted by atomic mass is 9.87. The van der Waals surface area contributed by atoms with Crippen LogP contribution in [0.3, 0.4) is 0 Å². The lowest BCUT2D eigenvalue weighted by Gasteiger charge is -2.27. The van der Waals surface area contributed by atoms with E-state index in [2.05, 4.69) is 28.2 Å². The topological polar surface area (TPSA) is 49.3 Å². The number of carboxylic acids is 1. The van der Waals surface area contributed by atoms with Crippen molar-refractivity contribution in [2.45, 2.75) is 45.2 Å². The number of nitrogens with one attached hydrogen (secondary N) is 1. The molecule has 1 aliphatic rings. The Morgan fingerprint density at radius 1 is 1.47 bits per heavy atom. The maximum Gasteiger partial charge on any atom is 0.335 e. The number of carbonyl (C=O) groups is 1. The van der Waals surface area contributed by atoms with E-state index in [9.17, 15) is 4.79 Å². The van der Waals surface area contributed by atoms with Gasteiger partial charge in [0.15, 0.2) is 0 Å². The Kier molecular flexibility index (Phi) is 4.99. The summed E-state index contributed by atoms with van der Waals surface area (Å²) in [6, 6.07) is 5.80. The van der Waals surface area contributed by atoms with E-state index >= 15 is 0 Å². The lowest BCUT2D eigenvalue weighted by molar-refractivity contribution is 0.0697. The first-order chi connectivity index (χ1) is 9.06. The van der Waals surface area contributed by atoms with E-state index in [1.165, 1.54) is 25.7 Å². The van der Waals surface area contributed by atoms with Gasteiger partial charge in [-0.2, -0.15) is 0 Å². The van der Waals surface area contributed by atoms with Crippen LogP contribution in [0.5, 0.6) is 0 Å². The van der Waals surface area contributed by atoms with Crippen LogP contribution in [0, 0.1) is 5.92 Å². The Labute approximate surface area is 122 Å². The van der Waals surface area contributed by atoms with Crippen molar-refractivity contribution in [1.29, 1.82) is 0 Å². The molecule has 0 saturated heterocycles. The number of hydrogen-bond acceptors (Lipinski definition) is 2. The van der Waals surface area contributed by atoms with Crippen molar-refractivity contribution in [3.8, 4) is 0 Å². The zero-order chi connectivity index (χ0) is 13.8. The molecule has 2 N–H and O–H groups in total. The van der Waals surface area contributed by atoms with Crippen molar-refractivity contribution < 1.29 is 9.90 Å². The zero-order valence-corrected chi connectivity index (χ0v) is 12.7. The second-order valence-electron chi connectivity index (χ2n) is 5.46. The first kappa shape index (κ1) is 14.5. The first-order valence-corrected chi connectivity index (χ1v) is 7.60. The predicted octanol–water partition coefficient (Wildman–Crippen LogP) is 3.82. The Morgan fingerprint density at radius 3 is 2.89 bits per heavy atom. The minimum atomic E-state index is -0.888. The molecule has 0 aromatic heterocycles. The number of hydrogen-bond donors (Lipinski definition) is 2. The molecule has 0 heterocycles. The molecule has 0 bridgehead atoms. The number of aromatic carboxylic acids is 1. The summed E-state index contributed by atoms with van der Waals surface area (Å²) in [6.45, 7) is 3.10. The maximum absolute atomic E-state index is 10.9. The molecule has 19 heavy (non-hydrogen) atoms. The van der Waals surface area contributed by atoms with Crippen LogP contribution in [0.25, 0.3) is 0 Å². The minimum absolute atomic E-state index is 0.321. The zero-order valence-electron chi connectivity index (χ0n) is 11.2. The van der Waals surface area contributed by atoms with Gasteiger partial charge in [0.1, 0.15) is 0 Å². The van der Waals surface area contributed by atoms with Crippen molar-refractivity contribution in [2.75, 3.05) is 0 Å². The second kappa shape index (κ2) is 6.53. The van der Waals surface area contributed by atoms with Gasteiger partial charge in [-0.1, -0.05) is 41.8 Å². The maximum atomic E-state index is 10.9. The van der Waals surface area contributed by atoms with Gasteiger partial charge in [0, 0.05) is 17.1 Å². The minimum Gasteiger partial charge on any atom is -0.478 e. The molecule has 104 valence electrons. The summed E-state index contributed by atoms with van der Waals surface area (Å²) in [7, 11) is 0. The summed E-state index contributed by atoms with van der Waals surface area (Å²) >= 11 is 3.45. The predicted molar refractivity (Wildman–Crippen MR) is 79.4 cm³/mol. The highest BCUT2D eigenvalue weighted by Gasteiger charge is 2.18. The SMILES string of the molecule is CC1CCCC(NCc2ccc(C(=O)O)cc2Br)C1. The van der Waals surface area contributed by atoms with Crippen LogP contribution in [-0.2, 0) is 6.54 Å². The van der Waals surface area contributed by atoms with Crippen LogP contribution in [0.4, 0.5) is 0 Å². The number of rotatable bonds is 4. The molecule has 1 aromatic rings. The van der Waals surface area contributed by atoms with E-state index in [4.69, 9.17) is 5.11 Å². The summed E-state index contributed by atoms with van der Waals surface area (Å²) in [6.07, 6.45) is 5.13. The third-order valence-corrected chi connectivity index (χ3v) is 4.56. The van der Waals surface area contributed by atoms with Gasteiger partial charge in [-0.3, -0.25) is 0 Å². The molecule has 3 nitrogen and oxygen atoms in total. The lowest BCUT2D eigenvalue weighted by Crippen LogP contribution is -2.33. The molecule has 0 aliphatic heterocycles. The van der Waals surface area contributed by atoms with Gasteiger partial charge in [-0.05, 0) is 36.5 Å². The quantitative estimate of drug-likeness (QED) is 0.884. The third-order valence-electron chi connectivity index (χ3n) is 3.82. The van der Waals surface area contributed by atoms with Gasteiger partial charge in [-0.15, -0.1) is 0 Å². The second-order valence-corrected chi connectivity index (χ2v) is 6.32. The van der Waals surface area contributed by atoms with Crippen molar-refractivity contribution in [3.05, 3.63) is 33.8 Å². The Hall–Kier alpha value is -0.870. The molecule has 2 unspecified atom stereocenters. The molecule has 2 atom stereocenters. The van der Waals surface area contributed by atoms with Gasteiger partial charge >= 0.3 is 5.97 Å². The van der Waals surface area contributed by atoms with Crippen LogP contribution < -0.4 is 5.32 Å². The molecule has 0 radical (unpaired) electrons. The summed E-state index contributed by atoms with van der Waals surface area (Å²) in [5.41, 5.74) is 1.44. The van der Waals surface area contributed by atoms with Crippen LogP contribution >= 0.6 is 15.9 Å². The summed E-state index contributed by atoms with van der Waals surface area (Å²) in [4.78, 5) is 10.9. The Balaban J connectivity index is 1.94. The van der Waals surface area contributed by atoms with Crippen LogP contribution in [0.1, 0.15) is 48.5 Å². The molecule has 2 rings (SSSR count). The smallest absolute Gasteiger partial charge is 0.335 e. The molecule has 1 saturated carbocycles. The molecular formula is C15H20BrNO2. The van der Waals surface area contributed by atoms with E-state index in [1.54, 1.807) is 12.1 Å². The number of benzene rings is 1. The monoisotopic (exact) mass is 325 g/mol. The average molecular weight is 326 g/mol. The third kappa shape index (κ3) is 4.05. The molecule has 0 amide bonds. The molecule has 1 aromatic carbocycles. The van der Waals surface area contributed by atoms with Gasteiger partial charge in [-0.25, -0.2) is 4.79 Å². The van der Waals surface area contributed by atoms with E-state index in [-0.39, 0.29) is 0 Å². The van der Waals surface area contributed by atoms with Crippen molar-refractivity contribution >= 4 is 21.9 Å². The fourth-order valence-electron chi connectivity index (χ4n) is 2.70. The summed E-state index contributed by atoms with van der Waals surface area (Å²) in [5, 5.41) is 12.5. The van der Waals surface area contributed by atoms with E-state index in [0.29, 0.717) is 11.6 Å². The highest BCUT2D eigenvalue weighted by atomic mass is 79.9. The van der Waals surface area contributed by atoms with E-state index < -0.39 is 5.97 Å². The molecule has 1 fully saturated rings. The van der Waals surface area contributed by atoms with Crippen LogP contribution in [0.2, 0.25) is 0 Å². The fourth-order valence-corrected chi connectivity index (χ4v) is 3.22. The van der Waals surface area contributed by atoms with Crippen LogP contribution in [-0.4, -0.2) is 17.1 Å². The normalized spacial score (nSPS) is 23.3. The van der Waals surface area contributed by atoms with Crippen molar-refractivity contribution in [1.82, 2.24) is 5.32 Å². The highest BCUT2D eigenvalue weighted by Crippen LogP contribution is 2.24. The summed E-state index contributed by atoms with van der Waals surface area (Å²) in [5.74, 6) is -0.0783. The van der Waals surface area contributed by atoms with Crippen molar-refractivity contribution in [3.63, 3.8) is 0 Å². The molecule has 0 spiro atoms. The van der Waals surface area contributed by atoms with Gasteiger partial charge in [0.25, 0.3) is 0 Å². The van der Waals surface area contributed by atoms with E-state index in [1.807, 2.05) is 6.07 Å². The largest absolute Gasteiger partial charge is 0.478 e. The molecule has 4 heteroatoms. The summed E-state index contributed by atoms with van der Waals surface area (Å²) < 4.78 is 0.865. The van der Waals surface area contributed by atoms with E-state index in [0.717, 1.165) is 22.5 Å². The molecule has 1 aliphatic carbocycles. The average Bonchev–Trinajstić information content (AvgIpc) is 2.37. The number of halogens is 1. The van der Waals surface area contributed by atoms with Crippen LogP contribution in [0.15, 0.2) is 22.7 Å². The van der Waals surface area contributed by atoms with Gasteiger partial charge < -0.3 is 10.4 Å². The number of carboxylic acid groups (broad SMARTS) is 1. The standard InChI is InChI=1S/C15H20BrNO2/c1-10-3-2-4-13(7-10)17-9-12-6-5-11(15(18)19)8-14(12)16/h5-6,8,10,13,17H,2-4,7,9H2,1H3,(H,18,19). The van der Waals surface area contributed by atoms with Gasteiger partial charge in [0.2, 0.25) is 0 Å². The molecular weight excluding hydrogens is 306 g/mol.